The zero-order chi connectivity index (χ0) is 15.4. The molecule has 1 aromatic heterocycles. The molecule has 1 fully saturated rings. The topological polar surface area (TPSA) is 53.5 Å². The highest BCUT2D eigenvalue weighted by Crippen LogP contribution is 2.23. The predicted octanol–water partition coefficient (Wildman–Crippen LogP) is 2.34. The van der Waals surface area contributed by atoms with Gasteiger partial charge in [0.2, 0.25) is 5.91 Å². The summed E-state index contributed by atoms with van der Waals surface area (Å²) in [6.45, 7) is 3.27. The smallest absolute Gasteiger partial charge is 0.274 e. The van der Waals surface area contributed by atoms with E-state index in [4.69, 9.17) is 0 Å². The first-order valence-corrected chi connectivity index (χ1v) is 9.24. The van der Waals surface area contributed by atoms with E-state index in [1.165, 1.54) is 23.1 Å². The number of rotatable bonds is 5. The zero-order valence-corrected chi connectivity index (χ0v) is 14.3. The molecule has 1 unspecified atom stereocenters. The molecular weight excluding hydrogens is 306 g/mol. The number of carbonyl (C=O) groups is 2. The lowest BCUT2D eigenvalue weighted by Gasteiger charge is -2.38. The second-order valence-corrected chi connectivity index (χ2v) is 7.03. The molecule has 2 amide bonds. The van der Waals surface area contributed by atoms with Crippen molar-refractivity contribution in [2.45, 2.75) is 36.6 Å². The van der Waals surface area contributed by atoms with Gasteiger partial charge in [0.05, 0.1) is 0 Å². The van der Waals surface area contributed by atoms with Crippen molar-refractivity contribution in [2.24, 2.45) is 0 Å². The van der Waals surface area contributed by atoms with Crippen LogP contribution in [0.15, 0.2) is 9.72 Å². The Kier molecular flexibility index (Phi) is 5.64. The minimum absolute atomic E-state index is 0.0448. The van der Waals surface area contributed by atoms with Crippen molar-refractivity contribution in [1.82, 2.24) is 14.8 Å². The van der Waals surface area contributed by atoms with Gasteiger partial charge in [0.25, 0.3) is 5.91 Å². The van der Waals surface area contributed by atoms with Gasteiger partial charge in [-0.15, -0.1) is 11.3 Å². The molecule has 2 heterocycles. The number of thioether (sulfide) groups is 1. The van der Waals surface area contributed by atoms with Crippen LogP contribution in [0.1, 0.15) is 36.7 Å². The van der Waals surface area contributed by atoms with Crippen molar-refractivity contribution in [1.29, 1.82) is 0 Å². The van der Waals surface area contributed by atoms with E-state index in [0.29, 0.717) is 18.8 Å². The van der Waals surface area contributed by atoms with Gasteiger partial charge in [0, 0.05) is 25.5 Å². The van der Waals surface area contributed by atoms with E-state index >= 15 is 0 Å². The van der Waals surface area contributed by atoms with Crippen molar-refractivity contribution in [2.75, 3.05) is 26.4 Å². The fourth-order valence-electron chi connectivity index (χ4n) is 2.43. The maximum Gasteiger partial charge on any atom is 0.274 e. The second kappa shape index (κ2) is 7.26. The van der Waals surface area contributed by atoms with E-state index in [-0.39, 0.29) is 17.9 Å². The fraction of sp³-hybridized carbons (Fsp3) is 0.643. The maximum absolute atomic E-state index is 12.6. The summed E-state index contributed by atoms with van der Waals surface area (Å²) in [7, 11) is 1.80. The van der Waals surface area contributed by atoms with Crippen LogP contribution in [0.3, 0.4) is 0 Å². The number of hydrogen-bond acceptors (Lipinski definition) is 5. The first-order valence-electron chi connectivity index (χ1n) is 7.14. The number of amides is 2. The minimum Gasteiger partial charge on any atom is -0.342 e. The van der Waals surface area contributed by atoms with E-state index in [9.17, 15) is 9.59 Å². The van der Waals surface area contributed by atoms with Crippen LogP contribution in [-0.2, 0) is 4.79 Å². The van der Waals surface area contributed by atoms with Crippen molar-refractivity contribution in [3.05, 3.63) is 11.1 Å². The molecule has 0 spiro atoms. The monoisotopic (exact) mass is 327 g/mol. The summed E-state index contributed by atoms with van der Waals surface area (Å²) in [5, 5.41) is 1.79. The third-order valence-corrected chi connectivity index (χ3v) is 5.55. The number of unbranched alkanes of at least 4 members (excludes halogenated alkanes) is 1. The van der Waals surface area contributed by atoms with Gasteiger partial charge in [-0.05, 0) is 12.7 Å². The molecule has 21 heavy (non-hydrogen) atoms. The zero-order valence-electron chi connectivity index (χ0n) is 12.7. The first-order chi connectivity index (χ1) is 10.1. The summed E-state index contributed by atoms with van der Waals surface area (Å²) >= 11 is 3.00. The Morgan fingerprint density at radius 3 is 2.90 bits per heavy atom. The normalized spacial score (nSPS) is 19.2. The Labute approximate surface area is 133 Å². The van der Waals surface area contributed by atoms with Crippen molar-refractivity contribution in [3.8, 4) is 0 Å². The fourth-order valence-corrected chi connectivity index (χ4v) is 3.66. The van der Waals surface area contributed by atoms with Crippen LogP contribution in [0, 0.1) is 0 Å². The summed E-state index contributed by atoms with van der Waals surface area (Å²) < 4.78 is 0.879. The quantitative estimate of drug-likeness (QED) is 0.779. The Morgan fingerprint density at radius 2 is 2.29 bits per heavy atom. The Balaban J connectivity index is 2.17. The van der Waals surface area contributed by atoms with Crippen LogP contribution in [-0.4, -0.2) is 59.0 Å². The van der Waals surface area contributed by atoms with Gasteiger partial charge in [-0.25, -0.2) is 4.98 Å². The minimum atomic E-state index is -0.337. The first kappa shape index (κ1) is 16.3. The molecule has 116 valence electrons. The molecular formula is C14H21N3O2S2. The SMILES string of the molecule is CCCCC1C(=O)N(C)CCN1C(=O)c1csc(SC)n1. The Morgan fingerprint density at radius 1 is 1.52 bits per heavy atom. The third-order valence-electron chi connectivity index (χ3n) is 3.68. The Hall–Kier alpha value is -1.08. The van der Waals surface area contributed by atoms with Gasteiger partial charge in [0.1, 0.15) is 16.1 Å². The average molecular weight is 327 g/mol. The molecule has 1 aliphatic rings. The molecule has 1 aliphatic heterocycles. The van der Waals surface area contributed by atoms with E-state index < -0.39 is 0 Å². The van der Waals surface area contributed by atoms with Gasteiger partial charge >= 0.3 is 0 Å². The van der Waals surface area contributed by atoms with Crippen LogP contribution in [0.25, 0.3) is 0 Å². The summed E-state index contributed by atoms with van der Waals surface area (Å²) in [6, 6.07) is -0.337. The molecule has 2 rings (SSSR count). The van der Waals surface area contributed by atoms with Crippen LogP contribution in [0.4, 0.5) is 0 Å². The number of piperazine rings is 1. The molecule has 0 saturated carbocycles. The highest BCUT2D eigenvalue weighted by Gasteiger charge is 2.36. The van der Waals surface area contributed by atoms with Crippen LogP contribution >= 0.6 is 23.1 Å². The summed E-state index contributed by atoms with van der Waals surface area (Å²) in [5.41, 5.74) is 0.461. The lowest BCUT2D eigenvalue weighted by Crippen LogP contribution is -2.57. The largest absolute Gasteiger partial charge is 0.342 e. The molecule has 1 aromatic rings. The highest BCUT2D eigenvalue weighted by atomic mass is 32.2. The summed E-state index contributed by atoms with van der Waals surface area (Å²) in [4.78, 5) is 32.7. The van der Waals surface area contributed by atoms with E-state index in [2.05, 4.69) is 11.9 Å². The number of nitrogens with zero attached hydrogens (tertiary/aromatic N) is 3. The molecule has 1 atom stereocenters. The number of likely N-dealkylation sites (N-methyl/N-ethyl adjacent to an activating group) is 1. The van der Waals surface area contributed by atoms with E-state index in [1.807, 2.05) is 6.26 Å². The van der Waals surface area contributed by atoms with Gasteiger partial charge in [-0.1, -0.05) is 31.5 Å². The maximum atomic E-state index is 12.6. The van der Waals surface area contributed by atoms with Crippen LogP contribution < -0.4 is 0 Å². The Bertz CT molecular complexity index is 518. The second-order valence-electron chi connectivity index (χ2n) is 5.12. The van der Waals surface area contributed by atoms with Gasteiger partial charge in [-0.2, -0.15) is 0 Å². The molecule has 1 saturated heterocycles. The van der Waals surface area contributed by atoms with Gasteiger partial charge in [-0.3, -0.25) is 9.59 Å². The van der Waals surface area contributed by atoms with Gasteiger partial charge < -0.3 is 9.80 Å². The number of aromatic nitrogens is 1. The average Bonchev–Trinajstić information content (AvgIpc) is 2.97. The summed E-state index contributed by atoms with van der Waals surface area (Å²) in [5.74, 6) is -0.0718. The highest BCUT2D eigenvalue weighted by molar-refractivity contribution is 8.00. The van der Waals surface area contributed by atoms with Crippen LogP contribution in [0.5, 0.6) is 0 Å². The number of thiazole rings is 1. The predicted molar refractivity (Wildman–Crippen MR) is 85.9 cm³/mol. The summed E-state index contributed by atoms with van der Waals surface area (Å²) in [6.07, 6.45) is 4.63. The third kappa shape index (κ3) is 3.58. The van der Waals surface area contributed by atoms with E-state index in [1.54, 1.807) is 22.2 Å². The molecule has 7 heteroatoms. The van der Waals surface area contributed by atoms with Crippen molar-refractivity contribution in [3.63, 3.8) is 0 Å². The number of carbonyl (C=O) groups excluding carboxylic acids is 2. The standard InChI is InChI=1S/C14H21N3O2S2/c1-4-5-6-11-13(19)16(2)7-8-17(11)12(18)10-9-21-14(15-10)20-3/h9,11H,4-8H2,1-3H3. The number of hydrogen-bond donors (Lipinski definition) is 0. The molecule has 5 nitrogen and oxygen atoms in total. The lowest BCUT2D eigenvalue weighted by molar-refractivity contribution is -0.138. The van der Waals surface area contributed by atoms with Crippen LogP contribution in [0.2, 0.25) is 0 Å². The molecule has 0 bridgehead atoms. The molecule has 0 radical (unpaired) electrons. The molecule has 0 aliphatic carbocycles. The molecule has 0 aromatic carbocycles. The molecule has 0 N–H and O–H groups in total. The van der Waals surface area contributed by atoms with Crippen molar-refractivity contribution >= 4 is 34.9 Å². The van der Waals surface area contributed by atoms with Crippen molar-refractivity contribution < 1.29 is 9.59 Å². The lowest BCUT2D eigenvalue weighted by atomic mass is 10.0. The van der Waals surface area contributed by atoms with Gasteiger partial charge in [0.15, 0.2) is 0 Å². The van der Waals surface area contributed by atoms with E-state index in [0.717, 1.165) is 23.6 Å².